The van der Waals surface area contributed by atoms with Crippen molar-refractivity contribution in [1.82, 2.24) is 0 Å². The van der Waals surface area contributed by atoms with Crippen LogP contribution in [0.15, 0.2) is 12.1 Å². The van der Waals surface area contributed by atoms with Crippen molar-refractivity contribution in [3.05, 3.63) is 45.0 Å². The standard InChI is InChI=1S/C8H7F2NO2/c1-5-2-8(10)6(3-7(5)9)4-11(12)13/h2-3H,4H2,1H3. The Kier molecular flexibility index (Phi) is 2.55. The summed E-state index contributed by atoms with van der Waals surface area (Å²) in [5.41, 5.74) is -0.0855. The fraction of sp³-hybridized carbons (Fsp3) is 0.250. The Morgan fingerprint density at radius 3 is 2.54 bits per heavy atom. The quantitative estimate of drug-likeness (QED) is 0.525. The van der Waals surface area contributed by atoms with Crippen molar-refractivity contribution in [3.8, 4) is 0 Å². The summed E-state index contributed by atoms with van der Waals surface area (Å²) >= 11 is 0. The Labute approximate surface area is 73.1 Å². The number of hydrogen-bond acceptors (Lipinski definition) is 2. The fourth-order valence-corrected chi connectivity index (χ4v) is 0.948. The number of hydrogen-bond donors (Lipinski definition) is 0. The largest absolute Gasteiger partial charge is 0.264 e. The molecule has 0 spiro atoms. The molecule has 70 valence electrons. The minimum Gasteiger partial charge on any atom is -0.264 e. The lowest BCUT2D eigenvalue weighted by Gasteiger charge is -2.00. The van der Waals surface area contributed by atoms with E-state index >= 15 is 0 Å². The number of benzene rings is 1. The number of nitro groups is 1. The summed E-state index contributed by atoms with van der Waals surface area (Å²) in [5.74, 6) is -1.37. The molecule has 0 bridgehead atoms. The Morgan fingerprint density at radius 2 is 2.00 bits per heavy atom. The van der Waals surface area contributed by atoms with Crippen molar-refractivity contribution < 1.29 is 13.7 Å². The number of aryl methyl sites for hydroxylation is 1. The van der Waals surface area contributed by atoms with Gasteiger partial charge in [-0.2, -0.15) is 0 Å². The van der Waals surface area contributed by atoms with E-state index in [9.17, 15) is 18.9 Å². The lowest BCUT2D eigenvalue weighted by atomic mass is 10.1. The van der Waals surface area contributed by atoms with Crippen LogP contribution in [-0.2, 0) is 6.54 Å². The molecule has 0 aliphatic carbocycles. The van der Waals surface area contributed by atoms with Crippen molar-refractivity contribution in [2.24, 2.45) is 0 Å². The van der Waals surface area contributed by atoms with E-state index in [0.29, 0.717) is 0 Å². The molecular formula is C8H7F2NO2. The Morgan fingerprint density at radius 1 is 1.38 bits per heavy atom. The molecule has 0 saturated carbocycles. The molecule has 13 heavy (non-hydrogen) atoms. The number of rotatable bonds is 2. The van der Waals surface area contributed by atoms with Crippen molar-refractivity contribution in [2.45, 2.75) is 13.5 Å². The maximum atomic E-state index is 12.9. The fourth-order valence-electron chi connectivity index (χ4n) is 0.948. The molecule has 0 aliphatic rings. The van der Waals surface area contributed by atoms with E-state index in [1.165, 1.54) is 6.92 Å². The first-order valence-electron chi connectivity index (χ1n) is 3.57. The zero-order valence-electron chi connectivity index (χ0n) is 6.88. The monoisotopic (exact) mass is 187 g/mol. The molecule has 0 atom stereocenters. The SMILES string of the molecule is Cc1cc(F)c(C[N+](=O)[O-])cc1F. The van der Waals surface area contributed by atoms with E-state index in [1.54, 1.807) is 0 Å². The van der Waals surface area contributed by atoms with Crippen LogP contribution in [0.2, 0.25) is 0 Å². The highest BCUT2D eigenvalue weighted by molar-refractivity contribution is 5.24. The summed E-state index contributed by atoms with van der Waals surface area (Å²) in [5, 5.41) is 10.0. The molecule has 1 rings (SSSR count). The van der Waals surface area contributed by atoms with E-state index in [2.05, 4.69) is 0 Å². The van der Waals surface area contributed by atoms with Crippen LogP contribution in [0, 0.1) is 28.7 Å². The Hall–Kier alpha value is -1.52. The van der Waals surface area contributed by atoms with Crippen LogP contribution in [0.5, 0.6) is 0 Å². The first-order chi connectivity index (χ1) is 6.00. The van der Waals surface area contributed by atoms with E-state index in [4.69, 9.17) is 0 Å². The molecule has 0 amide bonds. The first kappa shape index (κ1) is 9.57. The van der Waals surface area contributed by atoms with Crippen LogP contribution >= 0.6 is 0 Å². The number of halogens is 2. The van der Waals surface area contributed by atoms with Gasteiger partial charge in [0.15, 0.2) is 0 Å². The highest BCUT2D eigenvalue weighted by Gasteiger charge is 2.11. The van der Waals surface area contributed by atoms with E-state index in [-0.39, 0.29) is 11.1 Å². The molecule has 5 heteroatoms. The third-order valence-electron chi connectivity index (χ3n) is 1.63. The average Bonchev–Trinajstić information content (AvgIpc) is 1.99. The van der Waals surface area contributed by atoms with Gasteiger partial charge in [-0.3, -0.25) is 10.1 Å². The molecule has 0 radical (unpaired) electrons. The third kappa shape index (κ3) is 2.21. The second-order valence-corrected chi connectivity index (χ2v) is 2.68. The van der Waals surface area contributed by atoms with Crippen LogP contribution in [0.3, 0.4) is 0 Å². The van der Waals surface area contributed by atoms with Crippen LogP contribution in [-0.4, -0.2) is 4.92 Å². The molecular weight excluding hydrogens is 180 g/mol. The van der Waals surface area contributed by atoms with Crippen LogP contribution in [0.4, 0.5) is 8.78 Å². The maximum Gasteiger partial charge on any atom is 0.231 e. The molecule has 0 unspecified atom stereocenters. The molecule has 0 aliphatic heterocycles. The molecule has 0 aromatic heterocycles. The zero-order chi connectivity index (χ0) is 10.0. The van der Waals surface area contributed by atoms with Crippen LogP contribution in [0.25, 0.3) is 0 Å². The Bertz CT molecular complexity index is 352. The van der Waals surface area contributed by atoms with Crippen LogP contribution < -0.4 is 0 Å². The van der Waals surface area contributed by atoms with Gasteiger partial charge in [-0.05, 0) is 24.6 Å². The van der Waals surface area contributed by atoms with Gasteiger partial charge >= 0.3 is 0 Å². The van der Waals surface area contributed by atoms with Gasteiger partial charge in [-0.15, -0.1) is 0 Å². The van der Waals surface area contributed by atoms with Gasteiger partial charge in [0.2, 0.25) is 6.54 Å². The summed E-state index contributed by atoms with van der Waals surface area (Å²) in [6.07, 6.45) is 0. The predicted molar refractivity (Wildman–Crippen MR) is 41.8 cm³/mol. The molecule has 0 fully saturated rings. The summed E-state index contributed by atoms with van der Waals surface area (Å²) in [6.45, 7) is 0.706. The van der Waals surface area contributed by atoms with Gasteiger partial charge < -0.3 is 0 Å². The van der Waals surface area contributed by atoms with Crippen molar-refractivity contribution in [2.75, 3.05) is 0 Å². The molecule has 1 aromatic carbocycles. The summed E-state index contributed by atoms with van der Waals surface area (Å²) in [4.78, 5) is 9.33. The minimum absolute atomic E-state index is 0.143. The lowest BCUT2D eigenvalue weighted by molar-refractivity contribution is -0.497. The lowest BCUT2D eigenvalue weighted by Crippen LogP contribution is -2.02. The van der Waals surface area contributed by atoms with Gasteiger partial charge in [0.25, 0.3) is 0 Å². The molecule has 1 aromatic rings. The topological polar surface area (TPSA) is 43.1 Å². The first-order valence-corrected chi connectivity index (χ1v) is 3.57. The molecule has 0 saturated heterocycles. The van der Waals surface area contributed by atoms with Crippen molar-refractivity contribution in [3.63, 3.8) is 0 Å². The predicted octanol–water partition coefficient (Wildman–Crippen LogP) is 2.05. The molecule has 0 N–H and O–H groups in total. The van der Waals surface area contributed by atoms with Gasteiger partial charge in [0, 0.05) is 4.92 Å². The van der Waals surface area contributed by atoms with E-state index in [0.717, 1.165) is 12.1 Å². The van der Waals surface area contributed by atoms with Crippen molar-refractivity contribution >= 4 is 0 Å². The van der Waals surface area contributed by atoms with Crippen molar-refractivity contribution in [1.29, 1.82) is 0 Å². The second-order valence-electron chi connectivity index (χ2n) is 2.68. The average molecular weight is 187 g/mol. The highest BCUT2D eigenvalue weighted by atomic mass is 19.1. The second kappa shape index (κ2) is 3.47. The summed E-state index contributed by atoms with van der Waals surface area (Å²) in [7, 11) is 0. The smallest absolute Gasteiger partial charge is 0.231 e. The summed E-state index contributed by atoms with van der Waals surface area (Å²) < 4.78 is 25.7. The van der Waals surface area contributed by atoms with Gasteiger partial charge in [0.1, 0.15) is 11.6 Å². The summed E-state index contributed by atoms with van der Waals surface area (Å²) in [6, 6.07) is 1.81. The van der Waals surface area contributed by atoms with Crippen LogP contribution in [0.1, 0.15) is 11.1 Å². The molecule has 3 nitrogen and oxygen atoms in total. The Balaban J connectivity index is 3.08. The van der Waals surface area contributed by atoms with Gasteiger partial charge in [0.05, 0.1) is 5.56 Å². The molecule has 0 heterocycles. The highest BCUT2D eigenvalue weighted by Crippen LogP contribution is 2.14. The number of nitrogens with zero attached hydrogens (tertiary/aromatic N) is 1. The van der Waals surface area contributed by atoms with E-state index in [1.807, 2.05) is 0 Å². The van der Waals surface area contributed by atoms with Gasteiger partial charge in [-0.25, -0.2) is 8.78 Å². The van der Waals surface area contributed by atoms with Gasteiger partial charge in [-0.1, -0.05) is 0 Å². The zero-order valence-corrected chi connectivity index (χ0v) is 6.88. The minimum atomic E-state index is -0.740. The third-order valence-corrected chi connectivity index (χ3v) is 1.63. The van der Waals surface area contributed by atoms with E-state index < -0.39 is 23.1 Å². The normalized spacial score (nSPS) is 10.1. The maximum absolute atomic E-state index is 12.9.